The van der Waals surface area contributed by atoms with Gasteiger partial charge in [-0.05, 0) is 26.0 Å². The average molecular weight is 404 g/mol. The highest BCUT2D eigenvalue weighted by Gasteiger charge is 2.14. The summed E-state index contributed by atoms with van der Waals surface area (Å²) in [5.41, 5.74) is 2.71. The van der Waals surface area contributed by atoms with Crippen molar-refractivity contribution in [1.82, 2.24) is 14.7 Å². The number of benzene rings is 1. The van der Waals surface area contributed by atoms with E-state index in [1.807, 2.05) is 54.1 Å². The van der Waals surface area contributed by atoms with E-state index in [0.717, 1.165) is 27.7 Å². The van der Waals surface area contributed by atoms with Crippen LogP contribution in [0.1, 0.15) is 19.5 Å². The predicted octanol–water partition coefficient (Wildman–Crippen LogP) is 3.13. The number of hydrogen-bond donors (Lipinski definition) is 1. The first-order valence-electron chi connectivity index (χ1n) is 9.24. The molecule has 0 saturated heterocycles. The first-order chi connectivity index (χ1) is 13.6. The molecule has 2 aromatic heterocycles. The minimum absolute atomic E-state index is 0.0827. The molecule has 0 radical (unpaired) electrons. The summed E-state index contributed by atoms with van der Waals surface area (Å²) < 4.78 is 18.1. The second-order valence-corrected chi connectivity index (χ2v) is 6.90. The highest BCUT2D eigenvalue weighted by molar-refractivity contribution is 7.15. The molecule has 150 valence electrons. The minimum Gasteiger partial charge on any atom is -0.497 e. The molecule has 8 heteroatoms. The number of ether oxygens (including phenoxy) is 3. The second kappa shape index (κ2) is 9.68. The van der Waals surface area contributed by atoms with Gasteiger partial charge >= 0.3 is 0 Å². The normalized spacial score (nSPS) is 11.3. The molecule has 0 saturated carbocycles. The van der Waals surface area contributed by atoms with Gasteiger partial charge in [0.1, 0.15) is 5.75 Å². The van der Waals surface area contributed by atoms with Gasteiger partial charge in [-0.15, -0.1) is 11.3 Å². The molecule has 0 aliphatic carbocycles. The Kier molecular flexibility index (Phi) is 7.02. The molecule has 0 fully saturated rings. The fraction of sp³-hybridized carbons (Fsp3) is 0.400. The van der Waals surface area contributed by atoms with Crippen molar-refractivity contribution in [1.29, 1.82) is 0 Å². The average Bonchev–Trinajstić information content (AvgIpc) is 3.28. The Morgan fingerprint density at radius 3 is 2.79 bits per heavy atom. The lowest BCUT2D eigenvalue weighted by Gasteiger charge is -2.17. The summed E-state index contributed by atoms with van der Waals surface area (Å²) in [6, 6.07) is 7.77. The van der Waals surface area contributed by atoms with Crippen molar-refractivity contribution in [2.45, 2.75) is 26.6 Å². The Balaban J connectivity index is 1.68. The van der Waals surface area contributed by atoms with Crippen LogP contribution in [0.4, 0.5) is 0 Å². The topological polar surface area (TPSA) is 74.1 Å². The molecule has 0 aliphatic rings. The number of thiazole rings is 1. The van der Waals surface area contributed by atoms with Crippen LogP contribution in [0.15, 0.2) is 35.8 Å². The zero-order valence-electron chi connectivity index (χ0n) is 16.3. The largest absolute Gasteiger partial charge is 0.497 e. The van der Waals surface area contributed by atoms with Crippen LogP contribution in [0.5, 0.6) is 5.75 Å². The zero-order chi connectivity index (χ0) is 19.9. The van der Waals surface area contributed by atoms with Gasteiger partial charge in [-0.3, -0.25) is 9.20 Å². The van der Waals surface area contributed by atoms with Crippen LogP contribution >= 0.6 is 11.3 Å². The van der Waals surface area contributed by atoms with Crippen molar-refractivity contribution in [2.75, 3.05) is 26.9 Å². The van der Waals surface area contributed by atoms with E-state index in [1.165, 1.54) is 11.3 Å². The smallest absolute Gasteiger partial charge is 0.226 e. The summed E-state index contributed by atoms with van der Waals surface area (Å²) >= 11 is 1.51. The van der Waals surface area contributed by atoms with Crippen LogP contribution in [0.2, 0.25) is 0 Å². The van der Waals surface area contributed by atoms with Crippen LogP contribution < -0.4 is 10.1 Å². The number of imidazole rings is 1. The molecule has 0 unspecified atom stereocenters. The fourth-order valence-electron chi connectivity index (χ4n) is 2.84. The third-order valence-corrected chi connectivity index (χ3v) is 5.05. The van der Waals surface area contributed by atoms with Crippen molar-refractivity contribution >= 4 is 22.2 Å². The Bertz CT molecular complexity index is 915. The maximum Gasteiger partial charge on any atom is 0.226 e. The molecule has 0 atom stereocenters. The molecule has 7 nitrogen and oxygen atoms in total. The van der Waals surface area contributed by atoms with Crippen molar-refractivity contribution in [3.05, 3.63) is 41.5 Å². The summed E-state index contributed by atoms with van der Waals surface area (Å²) in [6.45, 7) is 5.19. The summed E-state index contributed by atoms with van der Waals surface area (Å²) in [5, 5.41) is 4.83. The lowest BCUT2D eigenvalue weighted by atomic mass is 10.1. The Morgan fingerprint density at radius 2 is 2.07 bits per heavy atom. The molecule has 0 aliphatic heterocycles. The van der Waals surface area contributed by atoms with Gasteiger partial charge in [0.05, 0.1) is 25.8 Å². The molecule has 3 aromatic rings. The number of carbonyl (C=O) groups is 1. The van der Waals surface area contributed by atoms with E-state index in [4.69, 9.17) is 14.2 Å². The van der Waals surface area contributed by atoms with Gasteiger partial charge in [0.15, 0.2) is 11.3 Å². The number of carbonyl (C=O) groups excluding carboxylic acids is 1. The number of aromatic nitrogens is 2. The highest BCUT2D eigenvalue weighted by Crippen LogP contribution is 2.26. The standard InChI is InChI=1S/C20H25N3O4S/c1-4-26-19(27-5-2)11-21-18(24)10-15-13-28-20-22-17(12-23(15)20)14-7-6-8-16(9-14)25-3/h6-9,12-13,19H,4-5,10-11H2,1-3H3,(H,21,24). The Hall–Kier alpha value is -2.42. The molecular weight excluding hydrogens is 378 g/mol. The van der Waals surface area contributed by atoms with Gasteiger partial charge in [-0.2, -0.15) is 0 Å². The third kappa shape index (κ3) is 4.89. The van der Waals surface area contributed by atoms with Crippen molar-refractivity contribution in [3.8, 4) is 17.0 Å². The molecule has 1 N–H and O–H groups in total. The monoisotopic (exact) mass is 403 g/mol. The number of hydrogen-bond acceptors (Lipinski definition) is 6. The number of methoxy groups -OCH3 is 1. The Labute approximate surface area is 168 Å². The van der Waals surface area contributed by atoms with Gasteiger partial charge in [-0.25, -0.2) is 4.98 Å². The van der Waals surface area contributed by atoms with E-state index in [-0.39, 0.29) is 12.3 Å². The number of fused-ring (bicyclic) bond motifs is 1. The second-order valence-electron chi connectivity index (χ2n) is 6.06. The predicted molar refractivity (Wildman–Crippen MR) is 109 cm³/mol. The van der Waals surface area contributed by atoms with Gasteiger partial charge in [0.25, 0.3) is 0 Å². The molecular formula is C20H25N3O4S. The first-order valence-corrected chi connectivity index (χ1v) is 10.1. The van der Waals surface area contributed by atoms with Crippen LogP contribution in [0.3, 0.4) is 0 Å². The van der Waals surface area contributed by atoms with Gasteiger partial charge in [0.2, 0.25) is 5.91 Å². The summed E-state index contributed by atoms with van der Waals surface area (Å²) in [7, 11) is 1.64. The van der Waals surface area contributed by atoms with Crippen molar-refractivity contribution in [3.63, 3.8) is 0 Å². The van der Waals surface area contributed by atoms with Crippen LogP contribution in [0.25, 0.3) is 16.2 Å². The molecule has 0 spiro atoms. The van der Waals surface area contributed by atoms with Crippen molar-refractivity contribution in [2.24, 2.45) is 0 Å². The number of rotatable bonds is 10. The minimum atomic E-state index is -0.422. The zero-order valence-corrected chi connectivity index (χ0v) is 17.1. The van der Waals surface area contributed by atoms with E-state index in [1.54, 1.807) is 7.11 Å². The van der Waals surface area contributed by atoms with E-state index in [0.29, 0.717) is 19.8 Å². The van der Waals surface area contributed by atoms with Gasteiger partial charge in [0, 0.05) is 36.0 Å². The van der Waals surface area contributed by atoms with Crippen LogP contribution in [-0.2, 0) is 20.7 Å². The van der Waals surface area contributed by atoms with Gasteiger partial charge < -0.3 is 19.5 Å². The van der Waals surface area contributed by atoms with E-state index in [9.17, 15) is 4.79 Å². The summed E-state index contributed by atoms with van der Waals surface area (Å²) in [5.74, 6) is 0.701. The van der Waals surface area contributed by atoms with E-state index < -0.39 is 6.29 Å². The number of nitrogens with one attached hydrogen (secondary N) is 1. The first kappa shape index (κ1) is 20.3. The van der Waals surface area contributed by atoms with Crippen LogP contribution in [-0.4, -0.2) is 48.5 Å². The SMILES string of the molecule is CCOC(CNC(=O)Cc1csc2nc(-c3cccc(OC)c3)cn12)OCC. The highest BCUT2D eigenvalue weighted by atomic mass is 32.1. The molecule has 1 amide bonds. The molecule has 3 rings (SSSR count). The maximum atomic E-state index is 12.4. The summed E-state index contributed by atoms with van der Waals surface area (Å²) in [6.07, 6.45) is 1.79. The lowest BCUT2D eigenvalue weighted by molar-refractivity contribution is -0.140. The Morgan fingerprint density at radius 1 is 1.29 bits per heavy atom. The van der Waals surface area contributed by atoms with Gasteiger partial charge in [-0.1, -0.05) is 12.1 Å². The van der Waals surface area contributed by atoms with E-state index in [2.05, 4.69) is 10.3 Å². The molecule has 0 bridgehead atoms. The molecule has 2 heterocycles. The van der Waals surface area contributed by atoms with E-state index >= 15 is 0 Å². The summed E-state index contributed by atoms with van der Waals surface area (Å²) in [4.78, 5) is 17.9. The molecule has 28 heavy (non-hydrogen) atoms. The maximum absolute atomic E-state index is 12.4. The number of amides is 1. The van der Waals surface area contributed by atoms with Crippen molar-refractivity contribution < 1.29 is 19.0 Å². The van der Waals surface area contributed by atoms with Crippen LogP contribution in [0, 0.1) is 0 Å². The fourth-order valence-corrected chi connectivity index (χ4v) is 3.71. The molecule has 1 aromatic carbocycles. The third-order valence-electron chi connectivity index (χ3n) is 4.16. The number of nitrogens with zero attached hydrogens (tertiary/aromatic N) is 2. The lowest BCUT2D eigenvalue weighted by Crippen LogP contribution is -2.36. The quantitative estimate of drug-likeness (QED) is 0.527.